The van der Waals surface area contributed by atoms with Crippen LogP contribution in [0.3, 0.4) is 0 Å². The molecular formula is C13H13F3N2O2. The Morgan fingerprint density at radius 3 is 2.55 bits per heavy atom. The summed E-state index contributed by atoms with van der Waals surface area (Å²) >= 11 is 0. The topological polar surface area (TPSA) is 64.3 Å². The van der Waals surface area contributed by atoms with Gasteiger partial charge in [0.2, 0.25) is 0 Å². The number of anilines is 1. The fraction of sp³-hybridized carbons (Fsp3) is 0.385. The number of aliphatic carboxylic acids is 1. The van der Waals surface area contributed by atoms with Gasteiger partial charge in [-0.05, 0) is 24.6 Å². The summed E-state index contributed by atoms with van der Waals surface area (Å²) in [4.78, 5) is 12.1. The van der Waals surface area contributed by atoms with Gasteiger partial charge in [-0.2, -0.15) is 18.4 Å². The monoisotopic (exact) mass is 286 g/mol. The summed E-state index contributed by atoms with van der Waals surface area (Å²) in [6.45, 7) is 1.72. The summed E-state index contributed by atoms with van der Waals surface area (Å²) in [6, 6.07) is 4.69. The summed E-state index contributed by atoms with van der Waals surface area (Å²) in [6.07, 6.45) is -4.06. The molecular weight excluding hydrogens is 273 g/mol. The Bertz CT molecular complexity index is 535. The lowest BCUT2D eigenvalue weighted by molar-refractivity contribution is -0.137. The van der Waals surface area contributed by atoms with Crippen molar-refractivity contribution in [1.82, 2.24) is 0 Å². The minimum Gasteiger partial charge on any atom is -0.480 e. The van der Waals surface area contributed by atoms with Gasteiger partial charge in [0, 0.05) is 12.2 Å². The van der Waals surface area contributed by atoms with Crippen LogP contribution in [0.15, 0.2) is 18.2 Å². The van der Waals surface area contributed by atoms with Gasteiger partial charge >= 0.3 is 12.1 Å². The number of carbonyl (C=O) groups is 1. The highest BCUT2D eigenvalue weighted by Gasteiger charge is 2.34. The maximum atomic E-state index is 12.8. The molecule has 1 rings (SSSR count). The van der Waals surface area contributed by atoms with Gasteiger partial charge in [-0.1, -0.05) is 6.92 Å². The average molecular weight is 286 g/mol. The molecule has 0 spiro atoms. The standard InChI is InChI=1S/C13H13F3N2O2/c1-2-5-18(8-12(19)20)10-4-3-9(7-17)11(6-10)13(14,15)16/h3-4,6H,2,5,8H2,1H3,(H,19,20). The molecule has 0 heterocycles. The lowest BCUT2D eigenvalue weighted by Gasteiger charge is -2.23. The Labute approximate surface area is 114 Å². The van der Waals surface area contributed by atoms with E-state index < -0.39 is 29.8 Å². The zero-order valence-electron chi connectivity index (χ0n) is 10.7. The quantitative estimate of drug-likeness (QED) is 0.904. The van der Waals surface area contributed by atoms with Crippen molar-refractivity contribution in [3.8, 4) is 6.07 Å². The molecule has 0 aliphatic rings. The van der Waals surface area contributed by atoms with Gasteiger partial charge in [0.25, 0.3) is 0 Å². The van der Waals surface area contributed by atoms with Crippen LogP contribution in [0.25, 0.3) is 0 Å². The van der Waals surface area contributed by atoms with Crippen molar-refractivity contribution in [2.45, 2.75) is 19.5 Å². The highest BCUT2D eigenvalue weighted by Crippen LogP contribution is 2.34. The van der Waals surface area contributed by atoms with Crippen LogP contribution in [0, 0.1) is 11.3 Å². The first kappa shape index (κ1) is 15.8. The number of carboxylic acid groups (broad SMARTS) is 1. The maximum Gasteiger partial charge on any atom is 0.417 e. The van der Waals surface area contributed by atoms with E-state index in [-0.39, 0.29) is 5.69 Å². The van der Waals surface area contributed by atoms with Crippen molar-refractivity contribution in [3.63, 3.8) is 0 Å². The van der Waals surface area contributed by atoms with Gasteiger partial charge < -0.3 is 10.0 Å². The van der Waals surface area contributed by atoms with E-state index in [0.29, 0.717) is 13.0 Å². The molecule has 7 heteroatoms. The highest BCUT2D eigenvalue weighted by atomic mass is 19.4. The second-order valence-corrected chi connectivity index (χ2v) is 4.15. The summed E-state index contributed by atoms with van der Waals surface area (Å²) in [5.41, 5.74) is -1.39. The van der Waals surface area contributed by atoms with E-state index in [0.717, 1.165) is 12.1 Å². The number of hydrogen-bond donors (Lipinski definition) is 1. The number of nitrogens with zero attached hydrogens (tertiary/aromatic N) is 2. The van der Waals surface area contributed by atoms with Crippen LogP contribution < -0.4 is 4.90 Å². The second-order valence-electron chi connectivity index (χ2n) is 4.15. The first-order valence-electron chi connectivity index (χ1n) is 5.87. The minimum atomic E-state index is -4.65. The molecule has 4 nitrogen and oxygen atoms in total. The van der Waals surface area contributed by atoms with E-state index >= 15 is 0 Å². The fourth-order valence-electron chi connectivity index (χ4n) is 1.79. The fourth-order valence-corrected chi connectivity index (χ4v) is 1.79. The van der Waals surface area contributed by atoms with Crippen molar-refractivity contribution < 1.29 is 23.1 Å². The Morgan fingerprint density at radius 1 is 1.45 bits per heavy atom. The van der Waals surface area contributed by atoms with Crippen LogP contribution in [0.2, 0.25) is 0 Å². The molecule has 0 saturated heterocycles. The van der Waals surface area contributed by atoms with Crippen molar-refractivity contribution >= 4 is 11.7 Å². The van der Waals surface area contributed by atoms with Crippen LogP contribution in [-0.2, 0) is 11.0 Å². The Hall–Kier alpha value is -2.23. The van der Waals surface area contributed by atoms with Crippen LogP contribution in [0.1, 0.15) is 24.5 Å². The molecule has 0 aromatic heterocycles. The van der Waals surface area contributed by atoms with E-state index in [4.69, 9.17) is 10.4 Å². The van der Waals surface area contributed by atoms with Gasteiger partial charge in [-0.3, -0.25) is 4.79 Å². The lowest BCUT2D eigenvalue weighted by atomic mass is 10.1. The molecule has 0 unspecified atom stereocenters. The first-order valence-corrected chi connectivity index (χ1v) is 5.87. The molecule has 0 saturated carbocycles. The third kappa shape index (κ3) is 3.88. The zero-order chi connectivity index (χ0) is 15.3. The predicted molar refractivity (Wildman–Crippen MR) is 66.3 cm³/mol. The number of halogens is 3. The lowest BCUT2D eigenvalue weighted by Crippen LogP contribution is -2.30. The molecule has 0 radical (unpaired) electrons. The van der Waals surface area contributed by atoms with E-state index in [1.54, 1.807) is 6.92 Å². The van der Waals surface area contributed by atoms with E-state index in [1.165, 1.54) is 17.0 Å². The second kappa shape index (κ2) is 6.28. The average Bonchev–Trinajstić information content (AvgIpc) is 2.36. The van der Waals surface area contributed by atoms with Crippen LogP contribution in [-0.4, -0.2) is 24.2 Å². The number of rotatable bonds is 5. The number of nitriles is 1. The molecule has 1 aromatic carbocycles. The summed E-state index contributed by atoms with van der Waals surface area (Å²) in [5, 5.41) is 17.5. The van der Waals surface area contributed by atoms with Crippen molar-refractivity contribution in [2.75, 3.05) is 18.0 Å². The zero-order valence-corrected chi connectivity index (χ0v) is 10.7. The minimum absolute atomic E-state index is 0.139. The van der Waals surface area contributed by atoms with E-state index in [2.05, 4.69) is 0 Å². The maximum absolute atomic E-state index is 12.8. The van der Waals surface area contributed by atoms with Crippen LogP contribution >= 0.6 is 0 Å². The molecule has 1 N–H and O–H groups in total. The molecule has 108 valence electrons. The van der Waals surface area contributed by atoms with Gasteiger partial charge in [-0.15, -0.1) is 0 Å². The Balaban J connectivity index is 3.24. The molecule has 0 aliphatic carbocycles. The third-order valence-corrected chi connectivity index (χ3v) is 2.61. The Kier molecular flexibility index (Phi) is 4.97. The van der Waals surface area contributed by atoms with Crippen molar-refractivity contribution in [1.29, 1.82) is 5.26 Å². The van der Waals surface area contributed by atoms with Crippen molar-refractivity contribution in [2.24, 2.45) is 0 Å². The van der Waals surface area contributed by atoms with Crippen molar-refractivity contribution in [3.05, 3.63) is 29.3 Å². The van der Waals surface area contributed by atoms with Gasteiger partial charge in [0.1, 0.15) is 6.54 Å². The first-order chi connectivity index (χ1) is 9.29. The van der Waals surface area contributed by atoms with Crippen LogP contribution in [0.4, 0.5) is 18.9 Å². The highest BCUT2D eigenvalue weighted by molar-refractivity contribution is 5.74. The van der Waals surface area contributed by atoms with Gasteiger partial charge in [0.15, 0.2) is 0 Å². The van der Waals surface area contributed by atoms with E-state index in [9.17, 15) is 18.0 Å². The molecule has 0 bridgehead atoms. The van der Waals surface area contributed by atoms with Crippen LogP contribution in [0.5, 0.6) is 0 Å². The van der Waals surface area contributed by atoms with E-state index in [1.807, 2.05) is 0 Å². The number of carboxylic acids is 1. The smallest absolute Gasteiger partial charge is 0.417 e. The summed E-state index contributed by atoms with van der Waals surface area (Å²) in [7, 11) is 0. The largest absolute Gasteiger partial charge is 0.480 e. The SMILES string of the molecule is CCCN(CC(=O)O)c1ccc(C#N)c(C(F)(F)F)c1. The third-order valence-electron chi connectivity index (χ3n) is 2.61. The predicted octanol–water partition coefficient (Wildman–Crippen LogP) is 2.88. The summed E-state index contributed by atoms with van der Waals surface area (Å²) in [5.74, 6) is -1.13. The molecule has 0 fully saturated rings. The molecule has 0 amide bonds. The number of hydrogen-bond acceptors (Lipinski definition) is 3. The molecule has 1 aromatic rings. The number of alkyl halides is 3. The molecule has 0 aliphatic heterocycles. The van der Waals surface area contributed by atoms with Gasteiger partial charge in [0.05, 0.1) is 17.2 Å². The molecule has 0 atom stereocenters. The van der Waals surface area contributed by atoms with Gasteiger partial charge in [-0.25, -0.2) is 0 Å². The Morgan fingerprint density at radius 2 is 2.10 bits per heavy atom. The normalized spacial score (nSPS) is 10.9. The number of benzene rings is 1. The summed E-state index contributed by atoms with van der Waals surface area (Å²) < 4.78 is 38.5. The molecule has 20 heavy (non-hydrogen) atoms.